The van der Waals surface area contributed by atoms with Gasteiger partial charge in [-0.05, 0) is 40.7 Å². The van der Waals surface area contributed by atoms with E-state index in [0.29, 0.717) is 0 Å². The van der Waals surface area contributed by atoms with E-state index < -0.39 is 0 Å². The van der Waals surface area contributed by atoms with Gasteiger partial charge in [-0.2, -0.15) is 0 Å². The van der Waals surface area contributed by atoms with Crippen molar-refractivity contribution in [3.63, 3.8) is 0 Å². The minimum Gasteiger partial charge on any atom is -0.336 e. The van der Waals surface area contributed by atoms with Crippen LogP contribution in [0.15, 0.2) is 97.6 Å². The number of fused-ring (bicyclic) bond motifs is 1. The monoisotopic (exact) mass is 350 g/mol. The van der Waals surface area contributed by atoms with E-state index in [0.717, 1.165) is 19.4 Å². The van der Waals surface area contributed by atoms with Crippen LogP contribution in [-0.4, -0.2) is 9.55 Å². The molecule has 1 aliphatic rings. The van der Waals surface area contributed by atoms with Crippen LogP contribution in [0.2, 0.25) is 0 Å². The summed E-state index contributed by atoms with van der Waals surface area (Å²) < 4.78 is 2.22. The molecule has 5 rings (SSSR count). The molecule has 0 saturated carbocycles. The largest absolute Gasteiger partial charge is 0.336 e. The van der Waals surface area contributed by atoms with Crippen LogP contribution in [-0.2, 0) is 18.4 Å². The van der Waals surface area contributed by atoms with Gasteiger partial charge in [0.2, 0.25) is 0 Å². The summed E-state index contributed by atoms with van der Waals surface area (Å²) in [5.41, 5.74) is 6.87. The van der Waals surface area contributed by atoms with E-state index in [4.69, 9.17) is 0 Å². The Morgan fingerprint density at radius 1 is 0.815 bits per heavy atom. The van der Waals surface area contributed by atoms with Gasteiger partial charge in [-0.25, -0.2) is 4.98 Å². The van der Waals surface area contributed by atoms with Crippen LogP contribution in [0.25, 0.3) is 11.1 Å². The predicted octanol–water partition coefficient (Wildman–Crippen LogP) is 5.48. The van der Waals surface area contributed by atoms with E-state index in [2.05, 4.69) is 94.6 Å². The number of rotatable bonds is 4. The molecule has 0 N–H and O–H groups in total. The first-order valence-electron chi connectivity index (χ1n) is 9.55. The molecule has 0 saturated heterocycles. The standard InChI is InChI=1S/C25H22N2/c1-2-6-20(7-3-1)21-10-12-23(13-11-21)25(18-27-17-16-26-19-27)15-14-22-8-4-5-9-24(22)25/h1-13,16-17,19H,14-15,18H2. The molecule has 3 aromatic carbocycles. The Morgan fingerprint density at radius 3 is 2.33 bits per heavy atom. The van der Waals surface area contributed by atoms with Crippen LogP contribution < -0.4 is 0 Å². The lowest BCUT2D eigenvalue weighted by Gasteiger charge is -2.32. The van der Waals surface area contributed by atoms with E-state index in [1.54, 1.807) is 0 Å². The van der Waals surface area contributed by atoms with Gasteiger partial charge in [0.15, 0.2) is 0 Å². The third-order valence-electron chi connectivity index (χ3n) is 5.91. The number of hydrogen-bond acceptors (Lipinski definition) is 1. The smallest absolute Gasteiger partial charge is 0.0946 e. The summed E-state index contributed by atoms with van der Waals surface area (Å²) in [4.78, 5) is 4.26. The Labute approximate surface area is 160 Å². The number of imidazole rings is 1. The van der Waals surface area contributed by atoms with Crippen LogP contribution in [0.5, 0.6) is 0 Å². The molecule has 0 amide bonds. The van der Waals surface area contributed by atoms with Crippen molar-refractivity contribution >= 4 is 0 Å². The Bertz CT molecular complexity index is 1030. The Hall–Kier alpha value is -3.13. The molecule has 1 unspecified atom stereocenters. The zero-order chi connectivity index (χ0) is 18.1. The van der Waals surface area contributed by atoms with Crippen molar-refractivity contribution in [2.75, 3.05) is 0 Å². The highest BCUT2D eigenvalue weighted by Gasteiger charge is 2.40. The third-order valence-corrected chi connectivity index (χ3v) is 5.91. The van der Waals surface area contributed by atoms with Gasteiger partial charge in [0.25, 0.3) is 0 Å². The third kappa shape index (κ3) is 2.78. The summed E-state index contributed by atoms with van der Waals surface area (Å²) in [6, 6.07) is 28.7. The summed E-state index contributed by atoms with van der Waals surface area (Å²) >= 11 is 0. The van der Waals surface area contributed by atoms with Crippen LogP contribution in [0.1, 0.15) is 23.1 Å². The van der Waals surface area contributed by atoms with Crippen molar-refractivity contribution in [3.05, 3.63) is 114 Å². The molecule has 1 aliphatic carbocycles. The Kier molecular flexibility index (Phi) is 3.90. The minimum absolute atomic E-state index is 0.00646. The van der Waals surface area contributed by atoms with Gasteiger partial charge in [-0.3, -0.25) is 0 Å². The second kappa shape index (κ2) is 6.55. The molecule has 132 valence electrons. The molecule has 1 atom stereocenters. The minimum atomic E-state index is 0.00646. The van der Waals surface area contributed by atoms with Gasteiger partial charge in [0.1, 0.15) is 0 Å². The molecule has 0 spiro atoms. The Morgan fingerprint density at radius 2 is 1.56 bits per heavy atom. The van der Waals surface area contributed by atoms with Crippen molar-refractivity contribution < 1.29 is 0 Å². The highest BCUT2D eigenvalue weighted by molar-refractivity contribution is 5.64. The maximum Gasteiger partial charge on any atom is 0.0946 e. The number of aryl methyl sites for hydroxylation is 1. The summed E-state index contributed by atoms with van der Waals surface area (Å²) in [5.74, 6) is 0. The maximum absolute atomic E-state index is 4.26. The van der Waals surface area contributed by atoms with Crippen molar-refractivity contribution in [1.29, 1.82) is 0 Å². The lowest BCUT2D eigenvalue weighted by atomic mass is 9.75. The lowest BCUT2D eigenvalue weighted by molar-refractivity contribution is 0.428. The molecular formula is C25H22N2. The molecule has 0 aliphatic heterocycles. The fourth-order valence-electron chi connectivity index (χ4n) is 4.55. The first kappa shape index (κ1) is 16.1. The summed E-state index contributed by atoms with van der Waals surface area (Å²) in [7, 11) is 0. The lowest BCUT2D eigenvalue weighted by Crippen LogP contribution is -2.30. The maximum atomic E-state index is 4.26. The van der Waals surface area contributed by atoms with E-state index in [-0.39, 0.29) is 5.41 Å². The molecular weight excluding hydrogens is 328 g/mol. The zero-order valence-corrected chi connectivity index (χ0v) is 15.3. The molecule has 2 heteroatoms. The van der Waals surface area contributed by atoms with E-state index in [1.165, 1.54) is 27.8 Å². The normalized spacial score (nSPS) is 18.4. The molecule has 4 aromatic rings. The summed E-state index contributed by atoms with van der Waals surface area (Å²) in [6.07, 6.45) is 8.13. The highest BCUT2D eigenvalue weighted by atomic mass is 15.0. The van der Waals surface area contributed by atoms with Gasteiger partial charge in [0, 0.05) is 24.4 Å². The van der Waals surface area contributed by atoms with E-state index >= 15 is 0 Å². The summed E-state index contributed by atoms with van der Waals surface area (Å²) in [6.45, 7) is 0.925. The molecule has 2 nitrogen and oxygen atoms in total. The van der Waals surface area contributed by atoms with Gasteiger partial charge in [0.05, 0.1) is 6.33 Å². The van der Waals surface area contributed by atoms with Crippen molar-refractivity contribution in [2.24, 2.45) is 0 Å². The Balaban J connectivity index is 1.60. The number of benzene rings is 3. The highest BCUT2D eigenvalue weighted by Crippen LogP contribution is 2.45. The van der Waals surface area contributed by atoms with Crippen LogP contribution in [0.4, 0.5) is 0 Å². The molecule has 0 radical (unpaired) electrons. The number of hydrogen-bond donors (Lipinski definition) is 0. The first-order chi connectivity index (χ1) is 13.4. The average Bonchev–Trinajstić information content (AvgIpc) is 3.38. The predicted molar refractivity (Wildman–Crippen MR) is 110 cm³/mol. The van der Waals surface area contributed by atoms with Gasteiger partial charge in [-0.1, -0.05) is 78.9 Å². The number of nitrogens with zero attached hydrogens (tertiary/aromatic N) is 2. The average molecular weight is 350 g/mol. The van der Waals surface area contributed by atoms with Crippen molar-refractivity contribution in [2.45, 2.75) is 24.8 Å². The molecule has 0 fully saturated rings. The van der Waals surface area contributed by atoms with Gasteiger partial charge in [-0.15, -0.1) is 0 Å². The first-order valence-corrected chi connectivity index (χ1v) is 9.55. The fourth-order valence-corrected chi connectivity index (χ4v) is 4.55. The van der Waals surface area contributed by atoms with Crippen LogP contribution >= 0.6 is 0 Å². The fraction of sp³-hybridized carbons (Fsp3) is 0.160. The molecule has 0 bridgehead atoms. The molecule has 1 aromatic heterocycles. The van der Waals surface area contributed by atoms with Crippen molar-refractivity contribution in [3.8, 4) is 11.1 Å². The van der Waals surface area contributed by atoms with Gasteiger partial charge < -0.3 is 4.57 Å². The quantitative estimate of drug-likeness (QED) is 0.476. The molecule has 27 heavy (non-hydrogen) atoms. The van der Waals surface area contributed by atoms with Crippen LogP contribution in [0, 0.1) is 0 Å². The SMILES string of the molecule is c1ccc(-c2ccc(C3(Cn4ccnc4)CCc4ccccc43)cc2)cc1. The van der Waals surface area contributed by atoms with Crippen molar-refractivity contribution in [1.82, 2.24) is 9.55 Å². The van der Waals surface area contributed by atoms with E-state index in [9.17, 15) is 0 Å². The second-order valence-electron chi connectivity index (χ2n) is 7.42. The summed E-state index contributed by atoms with van der Waals surface area (Å²) in [5, 5.41) is 0. The van der Waals surface area contributed by atoms with Gasteiger partial charge >= 0.3 is 0 Å². The second-order valence-corrected chi connectivity index (χ2v) is 7.42. The van der Waals surface area contributed by atoms with E-state index in [1.807, 2.05) is 12.5 Å². The van der Waals surface area contributed by atoms with Crippen LogP contribution in [0.3, 0.4) is 0 Å². The number of aromatic nitrogens is 2. The molecule has 1 heterocycles. The topological polar surface area (TPSA) is 17.8 Å². The zero-order valence-electron chi connectivity index (χ0n) is 15.3.